The number of rotatable bonds is 11. The first-order valence-electron chi connectivity index (χ1n) is 11.5. The van der Waals surface area contributed by atoms with Gasteiger partial charge in [-0.1, -0.05) is 39.8 Å². The molecule has 3 aromatic rings. The van der Waals surface area contributed by atoms with Crippen molar-refractivity contribution in [3.8, 4) is 28.4 Å². The molecule has 3 rings (SSSR count). The molecule has 5 nitrogen and oxygen atoms in total. The molecule has 0 N–H and O–H groups in total. The standard InChI is InChI=1S/C28H30F2O5/c1-18(2)7-5-13-32-21-11-9-20(10-12-21)23-17-34-25-16-22(35-28(29)30)15-24(26(25)27(23)31)33-14-6-8-19(3)4/h5-6,9-19,28H,7-8H2,1-4H3/b13-5+,14-6+. The molecule has 0 amide bonds. The molecule has 0 bridgehead atoms. The molecule has 0 aliphatic heterocycles. The summed E-state index contributed by atoms with van der Waals surface area (Å²) in [7, 11) is 0. The summed E-state index contributed by atoms with van der Waals surface area (Å²) in [4.78, 5) is 13.4. The van der Waals surface area contributed by atoms with Crippen LogP contribution in [-0.2, 0) is 0 Å². The van der Waals surface area contributed by atoms with Gasteiger partial charge in [0.25, 0.3) is 0 Å². The number of ether oxygens (including phenoxy) is 3. The molecular formula is C28H30F2O5. The van der Waals surface area contributed by atoms with Crippen molar-refractivity contribution in [1.29, 1.82) is 0 Å². The van der Waals surface area contributed by atoms with Crippen molar-refractivity contribution in [2.24, 2.45) is 11.8 Å². The highest BCUT2D eigenvalue weighted by Crippen LogP contribution is 2.32. The van der Waals surface area contributed by atoms with E-state index in [1.54, 1.807) is 36.6 Å². The monoisotopic (exact) mass is 484 g/mol. The number of benzene rings is 2. The average Bonchev–Trinajstić information content (AvgIpc) is 2.79. The molecule has 186 valence electrons. The molecule has 1 heterocycles. The maximum absolute atomic E-state index is 13.4. The van der Waals surface area contributed by atoms with Gasteiger partial charge in [-0.15, -0.1) is 0 Å². The van der Waals surface area contributed by atoms with Gasteiger partial charge < -0.3 is 18.6 Å². The zero-order valence-corrected chi connectivity index (χ0v) is 20.3. The van der Waals surface area contributed by atoms with Crippen molar-refractivity contribution < 1.29 is 27.4 Å². The van der Waals surface area contributed by atoms with E-state index in [0.29, 0.717) is 28.7 Å². The van der Waals surface area contributed by atoms with Crippen LogP contribution in [-0.4, -0.2) is 6.61 Å². The van der Waals surface area contributed by atoms with E-state index in [0.717, 1.165) is 12.8 Å². The first-order valence-corrected chi connectivity index (χ1v) is 11.5. The minimum absolute atomic E-state index is 0.0731. The molecule has 0 saturated heterocycles. The van der Waals surface area contributed by atoms with Crippen LogP contribution in [0, 0.1) is 11.8 Å². The minimum atomic E-state index is -3.02. The van der Waals surface area contributed by atoms with Gasteiger partial charge in [0.1, 0.15) is 34.5 Å². The Hall–Kier alpha value is -3.61. The van der Waals surface area contributed by atoms with Crippen LogP contribution in [0.25, 0.3) is 22.1 Å². The summed E-state index contributed by atoms with van der Waals surface area (Å²) in [6.07, 6.45) is 9.81. The number of alkyl halides is 2. The third-order valence-corrected chi connectivity index (χ3v) is 5.01. The Balaban J connectivity index is 1.95. The van der Waals surface area contributed by atoms with Crippen molar-refractivity contribution in [3.05, 3.63) is 77.6 Å². The second-order valence-electron chi connectivity index (χ2n) is 8.91. The second kappa shape index (κ2) is 12.2. The molecule has 1 aromatic heterocycles. The molecule has 0 radical (unpaired) electrons. The maximum Gasteiger partial charge on any atom is 0.387 e. The largest absolute Gasteiger partial charge is 0.465 e. The fraction of sp³-hybridized carbons (Fsp3) is 0.321. The average molecular weight is 485 g/mol. The molecule has 0 aliphatic rings. The van der Waals surface area contributed by atoms with Crippen LogP contribution in [0.3, 0.4) is 0 Å². The zero-order valence-electron chi connectivity index (χ0n) is 20.3. The Kier molecular flexibility index (Phi) is 9.06. The molecule has 35 heavy (non-hydrogen) atoms. The van der Waals surface area contributed by atoms with Gasteiger partial charge in [0.2, 0.25) is 5.43 Å². The van der Waals surface area contributed by atoms with E-state index in [1.165, 1.54) is 24.7 Å². The molecule has 2 aromatic carbocycles. The van der Waals surface area contributed by atoms with Crippen LogP contribution in [0.15, 0.2) is 76.5 Å². The molecule has 0 atom stereocenters. The molecule has 0 saturated carbocycles. The summed E-state index contributed by atoms with van der Waals surface area (Å²) in [5, 5.41) is 0.134. The van der Waals surface area contributed by atoms with Crippen LogP contribution in [0.1, 0.15) is 40.5 Å². The van der Waals surface area contributed by atoms with Gasteiger partial charge in [0.15, 0.2) is 0 Å². The predicted octanol–water partition coefficient (Wildman–Crippen LogP) is 7.94. The Labute approximate surface area is 203 Å². The van der Waals surface area contributed by atoms with E-state index in [4.69, 9.17) is 13.9 Å². The zero-order chi connectivity index (χ0) is 25.4. The number of hydrogen-bond acceptors (Lipinski definition) is 5. The Bertz CT molecular complexity index is 1220. The van der Waals surface area contributed by atoms with E-state index < -0.39 is 6.61 Å². The predicted molar refractivity (Wildman–Crippen MR) is 133 cm³/mol. The lowest BCUT2D eigenvalue weighted by molar-refractivity contribution is -0.0498. The second-order valence-corrected chi connectivity index (χ2v) is 8.91. The molecule has 0 fully saturated rings. The Morgan fingerprint density at radius 1 is 0.886 bits per heavy atom. The summed E-state index contributed by atoms with van der Waals surface area (Å²) in [5.41, 5.74) is 0.651. The van der Waals surface area contributed by atoms with E-state index >= 15 is 0 Å². The molecule has 7 heteroatoms. The number of allylic oxidation sites excluding steroid dienone is 2. The SMILES string of the molecule is CC(C)C/C=C/Oc1ccc(-c2coc3cc(OC(F)F)cc(O/C=C/CC(C)C)c3c2=O)cc1. The quantitative estimate of drug-likeness (QED) is 0.259. The third-order valence-electron chi connectivity index (χ3n) is 5.01. The molecule has 0 aliphatic carbocycles. The highest BCUT2D eigenvalue weighted by Gasteiger charge is 2.17. The van der Waals surface area contributed by atoms with Gasteiger partial charge in [0.05, 0.1) is 18.1 Å². The first kappa shape index (κ1) is 26.0. The lowest BCUT2D eigenvalue weighted by Crippen LogP contribution is -2.08. The van der Waals surface area contributed by atoms with Gasteiger partial charge in [-0.2, -0.15) is 8.78 Å². The number of halogens is 2. The van der Waals surface area contributed by atoms with Crippen molar-refractivity contribution in [1.82, 2.24) is 0 Å². The smallest absolute Gasteiger partial charge is 0.387 e. The van der Waals surface area contributed by atoms with Crippen molar-refractivity contribution in [2.75, 3.05) is 0 Å². The van der Waals surface area contributed by atoms with Gasteiger partial charge in [-0.25, -0.2) is 0 Å². The van der Waals surface area contributed by atoms with Crippen LogP contribution >= 0.6 is 0 Å². The molecule has 0 spiro atoms. The van der Waals surface area contributed by atoms with Crippen molar-refractivity contribution in [2.45, 2.75) is 47.1 Å². The first-order chi connectivity index (χ1) is 16.7. The van der Waals surface area contributed by atoms with E-state index in [2.05, 4.69) is 32.4 Å². The van der Waals surface area contributed by atoms with Gasteiger partial charge in [0, 0.05) is 12.1 Å². The topological polar surface area (TPSA) is 57.9 Å². The fourth-order valence-corrected chi connectivity index (χ4v) is 3.27. The minimum Gasteiger partial charge on any atom is -0.465 e. The Morgan fingerprint density at radius 3 is 2.11 bits per heavy atom. The molecular weight excluding hydrogens is 454 g/mol. The highest BCUT2D eigenvalue weighted by atomic mass is 19.3. The lowest BCUT2D eigenvalue weighted by atomic mass is 10.0. The third kappa shape index (κ3) is 7.44. The van der Waals surface area contributed by atoms with E-state index in [9.17, 15) is 13.6 Å². The lowest BCUT2D eigenvalue weighted by Gasteiger charge is -2.11. The number of fused-ring (bicyclic) bond motifs is 1. The Morgan fingerprint density at radius 2 is 1.51 bits per heavy atom. The number of hydrogen-bond donors (Lipinski definition) is 0. The van der Waals surface area contributed by atoms with Crippen LogP contribution in [0.4, 0.5) is 8.78 Å². The van der Waals surface area contributed by atoms with Gasteiger partial charge in [-0.05, 0) is 54.5 Å². The summed E-state index contributed by atoms with van der Waals surface area (Å²) < 4.78 is 47.0. The highest BCUT2D eigenvalue weighted by molar-refractivity contribution is 5.88. The van der Waals surface area contributed by atoms with Gasteiger partial charge in [-0.3, -0.25) is 4.79 Å². The van der Waals surface area contributed by atoms with Crippen molar-refractivity contribution >= 4 is 11.0 Å². The normalized spacial score (nSPS) is 12.0. The summed E-state index contributed by atoms with van der Waals surface area (Å²) in [5.74, 6) is 1.50. The maximum atomic E-state index is 13.4. The van der Waals surface area contributed by atoms with Gasteiger partial charge >= 0.3 is 6.61 Å². The van der Waals surface area contributed by atoms with Crippen LogP contribution in [0.5, 0.6) is 17.2 Å². The fourth-order valence-electron chi connectivity index (χ4n) is 3.27. The van der Waals surface area contributed by atoms with E-state index in [1.807, 2.05) is 6.08 Å². The van der Waals surface area contributed by atoms with Crippen LogP contribution < -0.4 is 19.6 Å². The van der Waals surface area contributed by atoms with E-state index in [-0.39, 0.29) is 27.9 Å². The molecule has 0 unspecified atom stereocenters. The van der Waals surface area contributed by atoms with Crippen molar-refractivity contribution in [3.63, 3.8) is 0 Å². The summed E-state index contributed by atoms with van der Waals surface area (Å²) >= 11 is 0. The van der Waals surface area contributed by atoms with Crippen LogP contribution in [0.2, 0.25) is 0 Å². The summed E-state index contributed by atoms with van der Waals surface area (Å²) in [6.45, 7) is 5.33. The summed E-state index contributed by atoms with van der Waals surface area (Å²) in [6, 6.07) is 9.52.